The number of carbonyl (C=O) groups is 1. The summed E-state index contributed by atoms with van der Waals surface area (Å²) in [6.45, 7) is 1.88. The Morgan fingerprint density at radius 3 is 2.36 bits per heavy atom. The first-order valence-electron chi connectivity index (χ1n) is 11.1. The Balaban J connectivity index is 1.29. The minimum atomic E-state index is -3.39. The molecule has 1 aromatic heterocycles. The fourth-order valence-corrected chi connectivity index (χ4v) is 6.61. The SMILES string of the molecule is CC(NC(=O)C1CCC(CS(=O)(=O)c2ccc(-c3cscn3)cc2)CC1)c1ccc(F)cc1. The number of aromatic nitrogens is 1. The molecule has 1 amide bonds. The Kier molecular flexibility index (Phi) is 7.24. The van der Waals surface area contributed by atoms with E-state index in [2.05, 4.69) is 10.3 Å². The molecule has 33 heavy (non-hydrogen) atoms. The van der Waals surface area contributed by atoms with Crippen molar-refractivity contribution in [2.45, 2.75) is 43.5 Å². The molecule has 1 unspecified atom stereocenters. The summed E-state index contributed by atoms with van der Waals surface area (Å²) in [4.78, 5) is 17.3. The van der Waals surface area contributed by atoms with Crippen LogP contribution >= 0.6 is 11.3 Å². The Bertz CT molecular complexity index is 1170. The van der Waals surface area contributed by atoms with Gasteiger partial charge >= 0.3 is 0 Å². The number of hydrogen-bond donors (Lipinski definition) is 1. The monoisotopic (exact) mass is 486 g/mol. The number of nitrogens with zero attached hydrogens (tertiary/aromatic N) is 1. The highest BCUT2D eigenvalue weighted by Crippen LogP contribution is 2.32. The van der Waals surface area contributed by atoms with Gasteiger partial charge in [0.15, 0.2) is 9.84 Å². The van der Waals surface area contributed by atoms with Crippen LogP contribution in [-0.4, -0.2) is 25.1 Å². The number of thiazole rings is 1. The van der Waals surface area contributed by atoms with Crippen LogP contribution in [0.4, 0.5) is 4.39 Å². The normalized spacial score (nSPS) is 19.7. The highest BCUT2D eigenvalue weighted by Gasteiger charge is 2.30. The number of halogens is 1. The lowest BCUT2D eigenvalue weighted by molar-refractivity contribution is -0.126. The molecular weight excluding hydrogens is 459 g/mol. The minimum absolute atomic E-state index is 0.0224. The first kappa shape index (κ1) is 23.6. The fraction of sp³-hybridized carbons (Fsp3) is 0.360. The van der Waals surface area contributed by atoms with Crippen LogP contribution in [0.15, 0.2) is 64.3 Å². The average molecular weight is 487 g/mol. The van der Waals surface area contributed by atoms with E-state index >= 15 is 0 Å². The predicted octanol–water partition coefficient (Wildman–Crippen LogP) is 5.41. The Morgan fingerprint density at radius 2 is 1.76 bits per heavy atom. The molecule has 8 heteroatoms. The quantitative estimate of drug-likeness (QED) is 0.485. The van der Waals surface area contributed by atoms with Gasteiger partial charge < -0.3 is 5.32 Å². The van der Waals surface area contributed by atoms with Crippen molar-refractivity contribution in [3.8, 4) is 11.3 Å². The molecule has 5 nitrogen and oxygen atoms in total. The van der Waals surface area contributed by atoms with Gasteiger partial charge in [0.05, 0.1) is 27.9 Å². The van der Waals surface area contributed by atoms with Gasteiger partial charge in [-0.15, -0.1) is 11.3 Å². The summed E-state index contributed by atoms with van der Waals surface area (Å²) in [5.74, 6) is -0.300. The first-order valence-corrected chi connectivity index (χ1v) is 13.7. The molecule has 1 N–H and O–H groups in total. The molecule has 1 atom stereocenters. The number of benzene rings is 2. The Labute approximate surface area is 198 Å². The molecule has 1 heterocycles. The molecular formula is C25H27FN2O3S2. The van der Waals surface area contributed by atoms with Gasteiger partial charge in [-0.1, -0.05) is 24.3 Å². The van der Waals surface area contributed by atoms with E-state index in [-0.39, 0.29) is 35.4 Å². The van der Waals surface area contributed by atoms with Crippen LogP contribution in [0.5, 0.6) is 0 Å². The van der Waals surface area contributed by atoms with Crippen LogP contribution in [0.25, 0.3) is 11.3 Å². The number of nitrogens with one attached hydrogen (secondary N) is 1. The number of hydrogen-bond acceptors (Lipinski definition) is 5. The maximum Gasteiger partial charge on any atom is 0.223 e. The second-order valence-corrected chi connectivity index (χ2v) is 11.4. The third kappa shape index (κ3) is 5.86. The van der Waals surface area contributed by atoms with Crippen molar-refractivity contribution in [3.05, 3.63) is 70.8 Å². The third-order valence-electron chi connectivity index (χ3n) is 6.34. The number of amides is 1. The fourth-order valence-electron chi connectivity index (χ4n) is 4.35. The van der Waals surface area contributed by atoms with Crippen molar-refractivity contribution in [3.63, 3.8) is 0 Å². The van der Waals surface area contributed by atoms with E-state index in [1.54, 1.807) is 41.9 Å². The first-order chi connectivity index (χ1) is 15.8. The van der Waals surface area contributed by atoms with E-state index in [1.807, 2.05) is 12.3 Å². The topological polar surface area (TPSA) is 76.1 Å². The highest BCUT2D eigenvalue weighted by atomic mass is 32.2. The molecule has 4 rings (SSSR count). The highest BCUT2D eigenvalue weighted by molar-refractivity contribution is 7.91. The zero-order valence-electron chi connectivity index (χ0n) is 18.4. The largest absolute Gasteiger partial charge is 0.349 e. The van der Waals surface area contributed by atoms with Crippen LogP contribution in [0.1, 0.15) is 44.2 Å². The molecule has 1 aliphatic rings. The van der Waals surface area contributed by atoms with Gasteiger partial charge in [-0.25, -0.2) is 17.8 Å². The van der Waals surface area contributed by atoms with Crippen LogP contribution in [0.2, 0.25) is 0 Å². The maximum absolute atomic E-state index is 13.1. The summed E-state index contributed by atoms with van der Waals surface area (Å²) in [5, 5.41) is 4.94. The number of carbonyl (C=O) groups excluding carboxylic acids is 1. The molecule has 1 saturated carbocycles. The second-order valence-electron chi connectivity index (χ2n) is 8.68. The lowest BCUT2D eigenvalue weighted by Gasteiger charge is -2.28. The van der Waals surface area contributed by atoms with Crippen LogP contribution in [0.3, 0.4) is 0 Å². The van der Waals surface area contributed by atoms with Gasteiger partial charge in [0.1, 0.15) is 5.82 Å². The molecule has 1 aliphatic carbocycles. The van der Waals surface area contributed by atoms with Crippen molar-refractivity contribution in [1.29, 1.82) is 0 Å². The lowest BCUT2D eigenvalue weighted by Crippen LogP contribution is -2.35. The molecule has 174 valence electrons. The van der Waals surface area contributed by atoms with Gasteiger partial charge in [0.2, 0.25) is 5.91 Å². The lowest BCUT2D eigenvalue weighted by atomic mass is 9.82. The van der Waals surface area contributed by atoms with Crippen molar-refractivity contribution in [1.82, 2.24) is 10.3 Å². The van der Waals surface area contributed by atoms with E-state index in [0.717, 1.165) is 16.8 Å². The van der Waals surface area contributed by atoms with E-state index in [4.69, 9.17) is 0 Å². The van der Waals surface area contributed by atoms with E-state index < -0.39 is 9.84 Å². The Morgan fingerprint density at radius 1 is 1.09 bits per heavy atom. The van der Waals surface area contributed by atoms with Gasteiger partial charge in [0.25, 0.3) is 0 Å². The Hall–Kier alpha value is -2.58. The van der Waals surface area contributed by atoms with E-state index in [1.165, 1.54) is 23.5 Å². The van der Waals surface area contributed by atoms with Crippen molar-refractivity contribution < 1.29 is 17.6 Å². The smallest absolute Gasteiger partial charge is 0.223 e. The molecule has 0 bridgehead atoms. The summed E-state index contributed by atoms with van der Waals surface area (Å²) < 4.78 is 39.0. The van der Waals surface area contributed by atoms with Crippen molar-refractivity contribution in [2.24, 2.45) is 11.8 Å². The molecule has 2 aromatic carbocycles. The van der Waals surface area contributed by atoms with Gasteiger partial charge in [-0.05, 0) is 68.4 Å². The summed E-state index contributed by atoms with van der Waals surface area (Å²) in [6.07, 6.45) is 2.76. The zero-order chi connectivity index (χ0) is 23.4. The number of sulfone groups is 1. The summed E-state index contributed by atoms with van der Waals surface area (Å²) in [5.41, 5.74) is 4.34. The number of rotatable bonds is 7. The standard InChI is InChI=1S/C25H27FN2O3S2/c1-17(19-6-10-22(26)11-7-19)28-25(29)21-4-2-18(3-5-21)15-33(30,31)23-12-8-20(9-13-23)24-14-32-16-27-24/h6-14,16-18,21H,2-5,15H2,1H3,(H,28,29). The van der Waals surface area contributed by atoms with Crippen molar-refractivity contribution >= 4 is 27.1 Å². The molecule has 0 radical (unpaired) electrons. The van der Waals surface area contributed by atoms with Crippen LogP contribution in [-0.2, 0) is 14.6 Å². The zero-order valence-corrected chi connectivity index (χ0v) is 20.0. The van der Waals surface area contributed by atoms with E-state index in [0.29, 0.717) is 30.6 Å². The third-order valence-corrected chi connectivity index (χ3v) is 8.83. The molecule has 3 aromatic rings. The van der Waals surface area contributed by atoms with Crippen molar-refractivity contribution in [2.75, 3.05) is 5.75 Å². The second kappa shape index (κ2) is 10.1. The summed E-state index contributed by atoms with van der Waals surface area (Å²) in [7, 11) is -3.39. The summed E-state index contributed by atoms with van der Waals surface area (Å²) >= 11 is 1.50. The average Bonchev–Trinajstić information content (AvgIpc) is 3.35. The maximum atomic E-state index is 13.1. The van der Waals surface area contributed by atoms with Crippen LogP contribution < -0.4 is 5.32 Å². The molecule has 1 fully saturated rings. The van der Waals surface area contributed by atoms with Gasteiger partial charge in [-0.2, -0.15) is 0 Å². The molecule has 0 aliphatic heterocycles. The van der Waals surface area contributed by atoms with Crippen LogP contribution in [0, 0.1) is 17.7 Å². The minimum Gasteiger partial charge on any atom is -0.349 e. The van der Waals surface area contributed by atoms with Gasteiger partial charge in [-0.3, -0.25) is 4.79 Å². The molecule has 0 saturated heterocycles. The molecule has 0 spiro atoms. The van der Waals surface area contributed by atoms with Gasteiger partial charge in [0, 0.05) is 16.9 Å². The van der Waals surface area contributed by atoms with E-state index in [9.17, 15) is 17.6 Å². The summed E-state index contributed by atoms with van der Waals surface area (Å²) in [6, 6.07) is 12.8. The predicted molar refractivity (Wildman–Crippen MR) is 128 cm³/mol.